The van der Waals surface area contributed by atoms with Crippen molar-refractivity contribution in [2.45, 2.75) is 13.1 Å². The van der Waals surface area contributed by atoms with Crippen LogP contribution < -0.4 is 5.73 Å². The molecular weight excluding hydrogens is 364 g/mol. The number of amides is 1. The van der Waals surface area contributed by atoms with Crippen LogP contribution in [0.1, 0.15) is 21.5 Å². The Bertz CT molecular complexity index is 887. The molecule has 0 aromatic heterocycles. The highest BCUT2D eigenvalue weighted by Crippen LogP contribution is 2.25. The summed E-state index contributed by atoms with van der Waals surface area (Å²) in [5, 5.41) is 22.5. The van der Waals surface area contributed by atoms with Gasteiger partial charge >= 0.3 is 0 Å². The smallest absolute Gasteiger partial charge is 0.274 e. The van der Waals surface area contributed by atoms with Crippen LogP contribution in [0.5, 0.6) is 0 Å². The van der Waals surface area contributed by atoms with Crippen molar-refractivity contribution in [3.8, 4) is 0 Å². The van der Waals surface area contributed by atoms with E-state index in [1.165, 1.54) is 30.3 Å². The zero-order valence-corrected chi connectivity index (χ0v) is 14.5. The molecule has 2 rings (SSSR count). The van der Waals surface area contributed by atoms with Crippen molar-refractivity contribution < 1.29 is 14.6 Å². The van der Waals surface area contributed by atoms with E-state index >= 15 is 0 Å². The van der Waals surface area contributed by atoms with E-state index in [9.17, 15) is 25.0 Å². The Morgan fingerprint density at radius 2 is 1.73 bits per heavy atom. The summed E-state index contributed by atoms with van der Waals surface area (Å²) in [6.45, 7) is 0.420. The molecule has 0 fully saturated rings. The Kier molecular flexibility index (Phi) is 5.86. The summed E-state index contributed by atoms with van der Waals surface area (Å²) in [6.07, 6.45) is 0. The van der Waals surface area contributed by atoms with E-state index in [1.54, 1.807) is 11.9 Å². The van der Waals surface area contributed by atoms with E-state index < -0.39 is 15.8 Å². The van der Waals surface area contributed by atoms with Gasteiger partial charge in [-0.1, -0.05) is 17.7 Å². The number of nitrogens with zero attached hydrogens (tertiary/aromatic N) is 3. The fourth-order valence-electron chi connectivity index (χ4n) is 2.45. The Balaban J connectivity index is 2.24. The van der Waals surface area contributed by atoms with Gasteiger partial charge in [0.25, 0.3) is 11.4 Å². The fourth-order valence-corrected chi connectivity index (χ4v) is 2.63. The van der Waals surface area contributed by atoms with E-state index in [2.05, 4.69) is 0 Å². The molecule has 26 heavy (non-hydrogen) atoms. The van der Waals surface area contributed by atoms with E-state index in [0.29, 0.717) is 16.1 Å². The van der Waals surface area contributed by atoms with Crippen molar-refractivity contribution in [1.82, 2.24) is 4.90 Å². The lowest BCUT2D eigenvalue weighted by atomic mass is 10.1. The van der Waals surface area contributed by atoms with Gasteiger partial charge in [0, 0.05) is 47.4 Å². The SMILES string of the molecule is CN(Cc1cc([N+](=O)[O-])ccc1Cl)Cc1ccc(C(N)=O)cc1[N+](=O)[O-]. The van der Waals surface area contributed by atoms with Gasteiger partial charge < -0.3 is 5.73 Å². The van der Waals surface area contributed by atoms with Crippen LogP contribution in [0, 0.1) is 20.2 Å². The Morgan fingerprint density at radius 3 is 2.31 bits per heavy atom. The molecule has 0 heterocycles. The first-order chi connectivity index (χ1) is 12.2. The molecule has 9 nitrogen and oxygen atoms in total. The Hall–Kier alpha value is -3.04. The van der Waals surface area contributed by atoms with Crippen LogP contribution in [-0.4, -0.2) is 27.7 Å². The summed E-state index contributed by atoms with van der Waals surface area (Å²) in [7, 11) is 1.70. The second-order valence-electron chi connectivity index (χ2n) is 5.67. The second kappa shape index (κ2) is 7.89. The van der Waals surface area contributed by atoms with Gasteiger partial charge in [-0.05, 0) is 24.7 Å². The molecule has 2 aromatic carbocycles. The summed E-state index contributed by atoms with van der Waals surface area (Å²) in [6, 6.07) is 8.12. The molecule has 10 heteroatoms. The van der Waals surface area contributed by atoms with Crippen LogP contribution in [0.15, 0.2) is 36.4 Å². The number of nitro groups is 2. The number of non-ortho nitro benzene ring substituents is 1. The van der Waals surface area contributed by atoms with Gasteiger partial charge in [0.15, 0.2) is 0 Å². The van der Waals surface area contributed by atoms with Gasteiger partial charge in [0.05, 0.1) is 9.85 Å². The molecule has 2 aromatic rings. The average molecular weight is 379 g/mol. The van der Waals surface area contributed by atoms with Gasteiger partial charge in [0.1, 0.15) is 0 Å². The van der Waals surface area contributed by atoms with Crippen LogP contribution in [-0.2, 0) is 13.1 Å². The first-order valence-corrected chi connectivity index (χ1v) is 7.75. The minimum atomic E-state index is -0.753. The molecule has 0 atom stereocenters. The third-order valence-corrected chi connectivity index (χ3v) is 4.06. The number of rotatable bonds is 7. The molecule has 0 saturated carbocycles. The Labute approximate surface area is 153 Å². The zero-order valence-electron chi connectivity index (χ0n) is 13.7. The molecule has 1 amide bonds. The summed E-state index contributed by atoms with van der Waals surface area (Å²) < 4.78 is 0. The maximum atomic E-state index is 11.2. The van der Waals surface area contributed by atoms with E-state index in [-0.39, 0.29) is 30.0 Å². The van der Waals surface area contributed by atoms with Gasteiger partial charge in [-0.3, -0.25) is 29.9 Å². The number of hydrogen-bond donors (Lipinski definition) is 1. The van der Waals surface area contributed by atoms with Crippen molar-refractivity contribution in [3.63, 3.8) is 0 Å². The topological polar surface area (TPSA) is 133 Å². The summed E-state index contributed by atoms with van der Waals surface area (Å²) in [5.41, 5.74) is 5.79. The quantitative estimate of drug-likeness (QED) is 0.581. The van der Waals surface area contributed by atoms with Crippen LogP contribution in [0.2, 0.25) is 5.02 Å². The molecule has 136 valence electrons. The van der Waals surface area contributed by atoms with E-state index in [0.717, 1.165) is 6.07 Å². The zero-order chi connectivity index (χ0) is 19.4. The highest BCUT2D eigenvalue weighted by molar-refractivity contribution is 6.31. The predicted molar refractivity (Wildman–Crippen MR) is 94.9 cm³/mol. The number of halogens is 1. The van der Waals surface area contributed by atoms with Crippen molar-refractivity contribution in [1.29, 1.82) is 0 Å². The number of nitrogens with two attached hydrogens (primary N) is 1. The molecule has 0 saturated heterocycles. The fraction of sp³-hybridized carbons (Fsp3) is 0.188. The van der Waals surface area contributed by atoms with Gasteiger partial charge in [-0.25, -0.2) is 0 Å². The van der Waals surface area contributed by atoms with E-state index in [4.69, 9.17) is 17.3 Å². The van der Waals surface area contributed by atoms with Crippen molar-refractivity contribution >= 4 is 28.9 Å². The Morgan fingerprint density at radius 1 is 1.08 bits per heavy atom. The highest BCUT2D eigenvalue weighted by atomic mass is 35.5. The molecule has 0 radical (unpaired) electrons. The third kappa shape index (κ3) is 4.52. The molecule has 0 aliphatic heterocycles. The molecule has 2 N–H and O–H groups in total. The van der Waals surface area contributed by atoms with Crippen molar-refractivity contribution in [3.05, 3.63) is 78.3 Å². The minimum absolute atomic E-state index is 0.0461. The maximum absolute atomic E-state index is 11.2. The average Bonchev–Trinajstić information content (AvgIpc) is 2.56. The molecule has 0 bridgehead atoms. The van der Waals surface area contributed by atoms with Crippen LogP contribution >= 0.6 is 11.6 Å². The lowest BCUT2D eigenvalue weighted by molar-refractivity contribution is -0.385. The van der Waals surface area contributed by atoms with Crippen molar-refractivity contribution in [2.24, 2.45) is 5.73 Å². The number of benzene rings is 2. The number of carbonyl (C=O) groups is 1. The van der Waals surface area contributed by atoms with Gasteiger partial charge in [-0.2, -0.15) is 0 Å². The normalized spacial score (nSPS) is 10.7. The lowest BCUT2D eigenvalue weighted by Gasteiger charge is -2.17. The largest absolute Gasteiger partial charge is 0.366 e. The number of primary amides is 1. The third-order valence-electron chi connectivity index (χ3n) is 3.69. The molecule has 0 spiro atoms. The van der Waals surface area contributed by atoms with Crippen LogP contribution in [0.25, 0.3) is 0 Å². The molecule has 0 aliphatic rings. The summed E-state index contributed by atoms with van der Waals surface area (Å²) in [5.74, 6) is -0.753. The first-order valence-electron chi connectivity index (χ1n) is 7.37. The molecule has 0 aliphatic carbocycles. The standard InChI is InChI=1S/C16H15ClN4O5/c1-19(9-12-6-13(20(23)24)4-5-14(12)17)8-11-3-2-10(16(18)22)7-15(11)21(25)26/h2-7H,8-9H2,1H3,(H2,18,22). The predicted octanol–water partition coefficient (Wildman–Crippen LogP) is 2.89. The lowest BCUT2D eigenvalue weighted by Crippen LogP contribution is -2.19. The number of hydrogen-bond acceptors (Lipinski definition) is 6. The second-order valence-corrected chi connectivity index (χ2v) is 6.08. The summed E-state index contributed by atoms with van der Waals surface area (Å²) in [4.78, 5) is 33.9. The molecular formula is C16H15ClN4O5. The highest BCUT2D eigenvalue weighted by Gasteiger charge is 2.18. The van der Waals surface area contributed by atoms with Crippen LogP contribution in [0.4, 0.5) is 11.4 Å². The monoisotopic (exact) mass is 378 g/mol. The minimum Gasteiger partial charge on any atom is -0.366 e. The van der Waals surface area contributed by atoms with Crippen molar-refractivity contribution in [2.75, 3.05) is 7.05 Å². The first kappa shape index (κ1) is 19.3. The number of carbonyl (C=O) groups excluding carboxylic acids is 1. The van der Waals surface area contributed by atoms with Gasteiger partial charge in [-0.15, -0.1) is 0 Å². The van der Waals surface area contributed by atoms with E-state index in [1.807, 2.05) is 0 Å². The number of nitro benzene ring substituents is 2. The van der Waals surface area contributed by atoms with Gasteiger partial charge in [0.2, 0.25) is 5.91 Å². The maximum Gasteiger partial charge on any atom is 0.274 e. The molecule has 0 unspecified atom stereocenters. The summed E-state index contributed by atoms with van der Waals surface area (Å²) >= 11 is 6.08. The van der Waals surface area contributed by atoms with Crippen LogP contribution in [0.3, 0.4) is 0 Å².